The summed E-state index contributed by atoms with van der Waals surface area (Å²) in [7, 11) is -0.822. The lowest BCUT2D eigenvalue weighted by Gasteiger charge is -2.06. The third-order valence-corrected chi connectivity index (χ3v) is 6.87. The van der Waals surface area contributed by atoms with E-state index >= 15 is 0 Å². The lowest BCUT2D eigenvalue weighted by Crippen LogP contribution is -2.02. The van der Waals surface area contributed by atoms with E-state index < -0.39 is 8.11 Å². The zero-order chi connectivity index (χ0) is 12.8. The van der Waals surface area contributed by atoms with Crippen molar-refractivity contribution in [1.82, 2.24) is 0 Å². The minimum Gasteiger partial charge on any atom is -0.172 e. The average Bonchev–Trinajstić information content (AvgIpc) is 2.34. The summed E-state index contributed by atoms with van der Waals surface area (Å²) in [5, 5.41) is 0. The molecule has 0 spiro atoms. The van der Waals surface area contributed by atoms with Gasteiger partial charge in [0.15, 0.2) is 0 Å². The van der Waals surface area contributed by atoms with Crippen LogP contribution in [-0.4, -0.2) is 8.11 Å². The maximum absolute atomic E-state index is 6.40. The second-order valence-electron chi connectivity index (χ2n) is 5.36. The van der Waals surface area contributed by atoms with Gasteiger partial charge in [-0.2, -0.15) is 11.1 Å². The topological polar surface area (TPSA) is 0 Å². The van der Waals surface area contributed by atoms with E-state index in [0.29, 0.717) is 0 Å². The highest BCUT2D eigenvalue weighted by molar-refractivity contribution is 7.06. The fourth-order valence-corrected chi connectivity index (χ4v) is 5.04. The first-order valence-corrected chi connectivity index (χ1v) is 11.3. The fraction of sp³-hybridized carbons (Fsp3) is 1.00. The van der Waals surface area contributed by atoms with Crippen LogP contribution in [0.3, 0.4) is 0 Å². The molecule has 104 valence electrons. The molecule has 1 atom stereocenters. The summed E-state index contributed by atoms with van der Waals surface area (Å²) in [5.74, 6) is 0. The van der Waals surface area contributed by atoms with E-state index in [1.54, 1.807) is 0 Å². The molecule has 0 aliphatic carbocycles. The highest BCUT2D eigenvalue weighted by atomic mass is 35.6. The van der Waals surface area contributed by atoms with Crippen LogP contribution in [0.2, 0.25) is 12.1 Å². The maximum atomic E-state index is 6.40. The number of halogens is 1. The molecule has 0 nitrogen and oxygen atoms in total. The van der Waals surface area contributed by atoms with Gasteiger partial charge in [0.2, 0.25) is 0 Å². The van der Waals surface area contributed by atoms with Crippen molar-refractivity contribution in [1.29, 1.82) is 0 Å². The van der Waals surface area contributed by atoms with Crippen molar-refractivity contribution in [2.45, 2.75) is 96.6 Å². The molecule has 0 N–H and O–H groups in total. The molecule has 1 unspecified atom stereocenters. The Kier molecular flexibility index (Phi) is 15.0. The van der Waals surface area contributed by atoms with E-state index in [-0.39, 0.29) is 0 Å². The van der Waals surface area contributed by atoms with Crippen molar-refractivity contribution < 1.29 is 0 Å². The van der Waals surface area contributed by atoms with Gasteiger partial charge in [-0.05, 0) is 12.1 Å². The summed E-state index contributed by atoms with van der Waals surface area (Å²) in [6.45, 7) is 4.54. The minimum absolute atomic E-state index is 0.822. The van der Waals surface area contributed by atoms with Crippen LogP contribution in [0.15, 0.2) is 0 Å². The van der Waals surface area contributed by atoms with Crippen molar-refractivity contribution in [3.05, 3.63) is 0 Å². The molecule has 0 aliphatic rings. The van der Waals surface area contributed by atoms with Gasteiger partial charge in [0.1, 0.15) is 8.11 Å². The molecule has 0 bridgehead atoms. The van der Waals surface area contributed by atoms with Crippen LogP contribution >= 0.6 is 11.1 Å². The summed E-state index contributed by atoms with van der Waals surface area (Å²) in [6, 6.07) is 2.73. The fourth-order valence-electron chi connectivity index (χ4n) is 2.25. The molecule has 0 rings (SSSR count). The molecule has 0 aliphatic heterocycles. The minimum atomic E-state index is -0.822. The second kappa shape index (κ2) is 14.6. The summed E-state index contributed by atoms with van der Waals surface area (Å²) < 4.78 is 0. The summed E-state index contributed by atoms with van der Waals surface area (Å²) in [5.41, 5.74) is 0. The first-order chi connectivity index (χ1) is 8.31. The van der Waals surface area contributed by atoms with Gasteiger partial charge in [0, 0.05) is 0 Å². The number of hydrogen-bond donors (Lipinski definition) is 0. The third kappa shape index (κ3) is 14.4. The van der Waals surface area contributed by atoms with Crippen molar-refractivity contribution in [2.24, 2.45) is 0 Å². The number of rotatable bonds is 13. The zero-order valence-electron chi connectivity index (χ0n) is 12.1. The van der Waals surface area contributed by atoms with E-state index in [9.17, 15) is 0 Å². The summed E-state index contributed by atoms with van der Waals surface area (Å²) in [6.07, 6.45) is 15.5. The Morgan fingerprint density at radius 2 is 1.00 bits per heavy atom. The molecular weight excluding hydrogens is 244 g/mol. The molecule has 0 aromatic heterocycles. The van der Waals surface area contributed by atoms with Crippen LogP contribution in [0, 0.1) is 0 Å². The van der Waals surface area contributed by atoms with Gasteiger partial charge in [0.05, 0.1) is 0 Å². The Hall–Kier alpha value is 0.507. The largest absolute Gasteiger partial charge is 0.172 e. The maximum Gasteiger partial charge on any atom is 0.141 e. The van der Waals surface area contributed by atoms with Gasteiger partial charge in [-0.3, -0.25) is 0 Å². The summed E-state index contributed by atoms with van der Waals surface area (Å²) >= 11 is 6.40. The van der Waals surface area contributed by atoms with E-state index in [4.69, 9.17) is 11.1 Å². The molecule has 0 fully saturated rings. The highest BCUT2D eigenvalue weighted by Gasteiger charge is 2.05. The van der Waals surface area contributed by atoms with Gasteiger partial charge in [0.25, 0.3) is 0 Å². The van der Waals surface area contributed by atoms with E-state index in [2.05, 4.69) is 13.8 Å². The van der Waals surface area contributed by atoms with Crippen LogP contribution in [0.4, 0.5) is 0 Å². The smallest absolute Gasteiger partial charge is 0.141 e. The average molecular weight is 277 g/mol. The molecule has 0 aromatic carbocycles. The highest BCUT2D eigenvalue weighted by Crippen LogP contribution is 2.15. The first kappa shape index (κ1) is 17.5. The Bertz CT molecular complexity index is 139. The molecule has 2 heteroatoms. The van der Waals surface area contributed by atoms with Crippen molar-refractivity contribution in [2.75, 3.05) is 0 Å². The first-order valence-electron chi connectivity index (χ1n) is 7.95. The number of unbranched alkanes of at least 4 members (excludes halogenated alkanes) is 9. The monoisotopic (exact) mass is 276 g/mol. The van der Waals surface area contributed by atoms with Gasteiger partial charge in [-0.25, -0.2) is 0 Å². The SMILES string of the molecule is CCCCCCCCCCC[SiH](Cl)CCCC. The van der Waals surface area contributed by atoms with Gasteiger partial charge >= 0.3 is 0 Å². The molecule has 0 radical (unpaired) electrons. The van der Waals surface area contributed by atoms with Crippen LogP contribution in [0.1, 0.15) is 84.5 Å². The quantitative estimate of drug-likeness (QED) is 0.211. The van der Waals surface area contributed by atoms with Crippen LogP contribution < -0.4 is 0 Å². The lowest BCUT2D eigenvalue weighted by atomic mass is 10.1. The second-order valence-corrected chi connectivity index (χ2v) is 9.56. The van der Waals surface area contributed by atoms with Gasteiger partial charge < -0.3 is 0 Å². The predicted octanol–water partition coefficient (Wildman–Crippen LogP) is 6.28. The molecule has 0 heterocycles. The standard InChI is InChI=1S/C15H33ClSi/c1-3-5-7-8-9-10-11-12-13-15-17(16)14-6-4-2/h17H,3-15H2,1-2H3. The molecule has 0 amide bonds. The van der Waals surface area contributed by atoms with Crippen molar-refractivity contribution in [3.63, 3.8) is 0 Å². The van der Waals surface area contributed by atoms with E-state index in [0.717, 1.165) is 0 Å². The van der Waals surface area contributed by atoms with Gasteiger partial charge in [-0.15, -0.1) is 0 Å². The van der Waals surface area contributed by atoms with E-state index in [1.807, 2.05) is 0 Å². The summed E-state index contributed by atoms with van der Waals surface area (Å²) in [4.78, 5) is 0. The zero-order valence-corrected chi connectivity index (χ0v) is 14.1. The Labute approximate surface area is 116 Å². The van der Waals surface area contributed by atoms with Crippen molar-refractivity contribution >= 4 is 19.2 Å². The van der Waals surface area contributed by atoms with E-state index in [1.165, 1.54) is 82.7 Å². The number of hydrogen-bond acceptors (Lipinski definition) is 0. The normalized spacial score (nSPS) is 12.9. The Balaban J connectivity index is 3.02. The predicted molar refractivity (Wildman–Crippen MR) is 84.8 cm³/mol. The van der Waals surface area contributed by atoms with Gasteiger partial charge in [-0.1, -0.05) is 84.5 Å². The Morgan fingerprint density at radius 1 is 0.588 bits per heavy atom. The molecule has 0 saturated carbocycles. The Morgan fingerprint density at radius 3 is 1.53 bits per heavy atom. The molecule has 0 aromatic rings. The third-order valence-electron chi connectivity index (χ3n) is 3.49. The molecule has 0 saturated heterocycles. The molecule has 17 heavy (non-hydrogen) atoms. The van der Waals surface area contributed by atoms with Crippen LogP contribution in [0.5, 0.6) is 0 Å². The lowest BCUT2D eigenvalue weighted by molar-refractivity contribution is 0.572. The van der Waals surface area contributed by atoms with Crippen LogP contribution in [0.25, 0.3) is 0 Å². The van der Waals surface area contributed by atoms with Crippen molar-refractivity contribution in [3.8, 4) is 0 Å². The van der Waals surface area contributed by atoms with Crippen LogP contribution in [-0.2, 0) is 0 Å². The molecular formula is C15H33ClSi.